The molecule has 4 rings (SSSR count). The highest BCUT2D eigenvalue weighted by Crippen LogP contribution is 2.39. The molecule has 0 aliphatic carbocycles. The summed E-state index contributed by atoms with van der Waals surface area (Å²) in [5.41, 5.74) is 1.36. The first-order valence-electron chi connectivity index (χ1n) is 13.9. The van der Waals surface area contributed by atoms with E-state index in [1.54, 1.807) is 45.2 Å². The summed E-state index contributed by atoms with van der Waals surface area (Å²) in [6, 6.07) is 13.7. The van der Waals surface area contributed by atoms with Crippen molar-refractivity contribution in [1.82, 2.24) is 15.5 Å². The van der Waals surface area contributed by atoms with E-state index in [-0.39, 0.29) is 11.1 Å². The number of nitrogens with zero attached hydrogens (tertiary/aromatic N) is 1. The minimum Gasteiger partial charge on any atom is -0.496 e. The van der Waals surface area contributed by atoms with E-state index in [4.69, 9.17) is 4.74 Å². The quantitative estimate of drug-likeness (QED) is 0.232. The zero-order valence-corrected chi connectivity index (χ0v) is 24.1. The highest BCUT2D eigenvalue weighted by Gasteiger charge is 2.37. The summed E-state index contributed by atoms with van der Waals surface area (Å²) in [7, 11) is 1.60. The van der Waals surface area contributed by atoms with Crippen LogP contribution in [0.15, 0.2) is 71.1 Å². The smallest absolute Gasteiger partial charge is 0.334 e. The lowest BCUT2D eigenvalue weighted by Crippen LogP contribution is -2.43. The van der Waals surface area contributed by atoms with E-state index in [2.05, 4.69) is 20.9 Å². The number of piperidine rings is 1. The van der Waals surface area contributed by atoms with Crippen LogP contribution in [0.4, 0.5) is 10.5 Å². The number of amides is 2. The summed E-state index contributed by atoms with van der Waals surface area (Å²) in [5, 5.41) is 39.4. The zero-order valence-electron chi connectivity index (χ0n) is 24.1. The Bertz CT molecular complexity index is 1370. The Hall–Kier alpha value is -4.35. The number of ether oxygens (including phenoxy) is 1. The molecular weight excluding hydrogens is 540 g/mol. The molecule has 0 aromatic heterocycles. The van der Waals surface area contributed by atoms with E-state index >= 15 is 0 Å². The molecule has 2 amide bonds. The maximum atomic E-state index is 12.6. The highest BCUT2D eigenvalue weighted by molar-refractivity contribution is 5.98. The van der Waals surface area contributed by atoms with Crippen molar-refractivity contribution in [3.63, 3.8) is 0 Å². The van der Waals surface area contributed by atoms with Gasteiger partial charge in [-0.2, -0.15) is 0 Å². The van der Waals surface area contributed by atoms with Crippen LogP contribution < -0.4 is 20.7 Å². The molecule has 0 radical (unpaired) electrons. The van der Waals surface area contributed by atoms with Crippen LogP contribution in [0.3, 0.4) is 0 Å². The number of carbonyl (C=O) groups is 3. The molecule has 0 atom stereocenters. The molecule has 2 aliphatic rings. The number of rotatable bonds is 10. The van der Waals surface area contributed by atoms with E-state index in [0.29, 0.717) is 54.2 Å². The molecule has 2 aromatic carbocycles. The molecule has 0 unspecified atom stereocenters. The van der Waals surface area contributed by atoms with Gasteiger partial charge in [-0.15, -0.1) is 0 Å². The van der Waals surface area contributed by atoms with Gasteiger partial charge in [-0.25, -0.2) is 14.4 Å². The van der Waals surface area contributed by atoms with Crippen molar-refractivity contribution in [2.24, 2.45) is 0 Å². The number of para-hydroxylation sites is 1. The van der Waals surface area contributed by atoms with Gasteiger partial charge < -0.3 is 40.9 Å². The van der Waals surface area contributed by atoms with Crippen LogP contribution in [0.25, 0.3) is 0 Å². The Morgan fingerprint density at radius 3 is 2.26 bits per heavy atom. The molecule has 2 aromatic rings. The number of carboxylic acid groups (broad SMARTS) is 2. The van der Waals surface area contributed by atoms with Crippen LogP contribution in [0.2, 0.25) is 0 Å². The lowest BCUT2D eigenvalue weighted by Gasteiger charge is -2.39. The van der Waals surface area contributed by atoms with Crippen molar-refractivity contribution in [3.05, 3.63) is 82.2 Å². The Balaban J connectivity index is 1.30. The third kappa shape index (κ3) is 6.75. The second-order valence-electron chi connectivity index (χ2n) is 10.7. The van der Waals surface area contributed by atoms with Gasteiger partial charge in [-0.3, -0.25) is 0 Å². The largest absolute Gasteiger partial charge is 0.496 e. The Kier molecular flexibility index (Phi) is 9.54. The molecule has 11 heteroatoms. The highest BCUT2D eigenvalue weighted by atomic mass is 16.5. The number of aliphatic hydroxyl groups is 1. The summed E-state index contributed by atoms with van der Waals surface area (Å²) in [6.07, 6.45) is 1.89. The fourth-order valence-corrected chi connectivity index (χ4v) is 5.82. The molecule has 42 heavy (non-hydrogen) atoms. The fraction of sp³-hybridized carbons (Fsp3) is 0.387. The minimum atomic E-state index is -1.22. The Labute approximate surface area is 244 Å². The number of hydrogen-bond acceptors (Lipinski definition) is 7. The van der Waals surface area contributed by atoms with E-state index in [1.165, 1.54) is 0 Å². The summed E-state index contributed by atoms with van der Waals surface area (Å²) in [5.74, 6) is -2.75. The molecular formula is C31H38N4O7. The van der Waals surface area contributed by atoms with E-state index < -0.39 is 29.5 Å². The monoisotopic (exact) mass is 578 g/mol. The topological polar surface area (TPSA) is 160 Å². The Morgan fingerprint density at radius 2 is 1.64 bits per heavy atom. The number of likely N-dealkylation sites (tertiary alicyclic amines) is 1. The molecule has 1 fully saturated rings. The van der Waals surface area contributed by atoms with Gasteiger partial charge in [0.15, 0.2) is 0 Å². The lowest BCUT2D eigenvalue weighted by atomic mass is 9.80. The minimum absolute atomic E-state index is 0.0568. The van der Waals surface area contributed by atoms with Crippen LogP contribution in [0.1, 0.15) is 50.2 Å². The zero-order chi connectivity index (χ0) is 30.4. The van der Waals surface area contributed by atoms with Crippen molar-refractivity contribution in [2.45, 2.75) is 44.6 Å². The number of allylic oxidation sites excluding steroid dienone is 2. The van der Waals surface area contributed by atoms with Crippen molar-refractivity contribution in [3.8, 4) is 5.75 Å². The van der Waals surface area contributed by atoms with Crippen LogP contribution in [0.5, 0.6) is 5.75 Å². The third-order valence-electron chi connectivity index (χ3n) is 7.93. The second-order valence-corrected chi connectivity index (χ2v) is 10.7. The van der Waals surface area contributed by atoms with Crippen LogP contribution >= 0.6 is 0 Å². The molecule has 0 bridgehead atoms. The molecule has 1 saturated heterocycles. The number of aliphatic carboxylic acids is 2. The number of hydrogen-bond donors (Lipinski definition) is 6. The molecule has 0 saturated carbocycles. The Morgan fingerprint density at radius 1 is 1.00 bits per heavy atom. The van der Waals surface area contributed by atoms with E-state index in [9.17, 15) is 29.7 Å². The van der Waals surface area contributed by atoms with Crippen molar-refractivity contribution < 1.29 is 34.4 Å². The predicted molar refractivity (Wildman–Crippen MR) is 157 cm³/mol. The molecule has 2 aliphatic heterocycles. The molecule has 11 nitrogen and oxygen atoms in total. The average Bonchev–Trinajstić information content (AvgIpc) is 2.95. The molecule has 0 spiro atoms. The summed E-state index contributed by atoms with van der Waals surface area (Å²) in [4.78, 5) is 39.0. The maximum Gasteiger partial charge on any atom is 0.334 e. The number of urea groups is 1. The van der Waals surface area contributed by atoms with Gasteiger partial charge in [0.2, 0.25) is 0 Å². The molecule has 6 N–H and O–H groups in total. The average molecular weight is 579 g/mol. The fourth-order valence-electron chi connectivity index (χ4n) is 5.82. The SMILES string of the molecule is COc1ccccc1C1(O)CCN(CCCNC(=O)Nc2cccc(C3C(C(=O)O)=C(C)NC(C)=C3C(=O)O)c2)CC1. The van der Waals surface area contributed by atoms with Gasteiger partial charge in [0, 0.05) is 42.3 Å². The van der Waals surface area contributed by atoms with Gasteiger partial charge in [0.25, 0.3) is 0 Å². The van der Waals surface area contributed by atoms with Crippen molar-refractivity contribution >= 4 is 23.7 Å². The summed E-state index contributed by atoms with van der Waals surface area (Å²) < 4.78 is 5.44. The predicted octanol–water partition coefficient (Wildman–Crippen LogP) is 3.59. The second kappa shape index (κ2) is 13.1. The molecule has 224 valence electrons. The number of carboxylic acids is 2. The van der Waals surface area contributed by atoms with E-state index in [1.807, 2.05) is 24.3 Å². The number of anilines is 1. The van der Waals surface area contributed by atoms with Gasteiger partial charge >= 0.3 is 18.0 Å². The van der Waals surface area contributed by atoms with Crippen molar-refractivity contribution in [1.29, 1.82) is 0 Å². The van der Waals surface area contributed by atoms with Gasteiger partial charge in [0.05, 0.1) is 29.8 Å². The normalized spacial score (nSPS) is 17.4. The number of nitrogens with one attached hydrogen (secondary N) is 3. The first kappa shape index (κ1) is 30.6. The van der Waals surface area contributed by atoms with Crippen LogP contribution in [0, 0.1) is 0 Å². The number of methoxy groups -OCH3 is 1. The van der Waals surface area contributed by atoms with Crippen LogP contribution in [-0.2, 0) is 15.2 Å². The van der Waals surface area contributed by atoms with Gasteiger partial charge in [-0.05, 0) is 63.4 Å². The first-order chi connectivity index (χ1) is 20.0. The van der Waals surface area contributed by atoms with Crippen LogP contribution in [-0.4, -0.2) is 71.5 Å². The van der Waals surface area contributed by atoms with Gasteiger partial charge in [0.1, 0.15) is 5.75 Å². The lowest BCUT2D eigenvalue weighted by molar-refractivity contribution is -0.133. The number of carbonyl (C=O) groups excluding carboxylic acids is 1. The first-order valence-corrected chi connectivity index (χ1v) is 13.9. The maximum absolute atomic E-state index is 12.6. The van der Waals surface area contributed by atoms with E-state index in [0.717, 1.165) is 25.2 Å². The van der Waals surface area contributed by atoms with Crippen molar-refractivity contribution in [2.75, 3.05) is 38.6 Å². The standard InChI is InChI=1S/C31H38N4O7/c1-19-25(28(36)37)27(26(29(38)39)20(2)33-19)21-8-6-9-22(18-21)34-30(40)32-14-7-15-35-16-12-31(41,13-17-35)23-10-4-5-11-24(23)42-3/h4-6,8-11,18,27,33,41H,7,12-17H2,1-3H3,(H,36,37)(H,38,39)(H2,32,34,40). The third-order valence-corrected chi connectivity index (χ3v) is 7.93. The van der Waals surface area contributed by atoms with Gasteiger partial charge in [-0.1, -0.05) is 30.3 Å². The summed E-state index contributed by atoms with van der Waals surface area (Å²) >= 11 is 0. The number of benzene rings is 2. The number of dihydropyridines is 1. The summed E-state index contributed by atoms with van der Waals surface area (Å²) in [6.45, 7) is 5.84. The molecule has 2 heterocycles.